The maximum atomic E-state index is 5.65. The molecular formula is C8H18OS2. The summed E-state index contributed by atoms with van der Waals surface area (Å²) in [5, 5.41) is 0. The fourth-order valence-corrected chi connectivity index (χ4v) is 1.09. The lowest BCUT2D eigenvalue weighted by Gasteiger charge is -2.33. The zero-order valence-electron chi connectivity index (χ0n) is 7.72. The van der Waals surface area contributed by atoms with Crippen molar-refractivity contribution in [1.29, 1.82) is 0 Å². The highest BCUT2D eigenvalue weighted by Crippen LogP contribution is 2.31. The van der Waals surface area contributed by atoms with Crippen molar-refractivity contribution < 1.29 is 4.74 Å². The molecule has 0 aliphatic rings. The number of hydrogen-bond donors (Lipinski definition) is 2. The molecule has 2 atom stereocenters. The van der Waals surface area contributed by atoms with Gasteiger partial charge in [0.05, 0.1) is 0 Å². The standard InChI is InChI=1S/C8H18OS2/c1-5-7(3,10)9-8(4,11)6-2/h10-11H,5-6H2,1-4H3. The molecule has 0 aromatic carbocycles. The normalized spacial score (nSPS) is 22.4. The summed E-state index contributed by atoms with van der Waals surface area (Å²) in [5.41, 5.74) is 0. The van der Waals surface area contributed by atoms with E-state index in [1.54, 1.807) is 0 Å². The molecule has 2 unspecified atom stereocenters. The number of ether oxygens (including phenoxy) is 1. The van der Waals surface area contributed by atoms with Crippen molar-refractivity contribution in [3.63, 3.8) is 0 Å². The maximum absolute atomic E-state index is 5.65. The van der Waals surface area contributed by atoms with Crippen molar-refractivity contribution in [2.75, 3.05) is 0 Å². The van der Waals surface area contributed by atoms with Gasteiger partial charge in [0, 0.05) is 0 Å². The Balaban J connectivity index is 4.02. The van der Waals surface area contributed by atoms with Gasteiger partial charge in [0.15, 0.2) is 0 Å². The average Bonchev–Trinajstić information content (AvgIpc) is 1.86. The summed E-state index contributed by atoms with van der Waals surface area (Å²) in [4.78, 5) is -0.709. The summed E-state index contributed by atoms with van der Waals surface area (Å²) in [7, 11) is 0. The predicted molar refractivity (Wildman–Crippen MR) is 56.4 cm³/mol. The van der Waals surface area contributed by atoms with Crippen molar-refractivity contribution in [3.8, 4) is 0 Å². The summed E-state index contributed by atoms with van der Waals surface area (Å²) in [5.74, 6) is 0. The molecule has 0 saturated carbocycles. The maximum Gasteiger partial charge on any atom is 0.109 e. The van der Waals surface area contributed by atoms with E-state index in [4.69, 9.17) is 4.74 Å². The lowest BCUT2D eigenvalue weighted by molar-refractivity contribution is -0.0375. The molecule has 0 spiro atoms. The van der Waals surface area contributed by atoms with Gasteiger partial charge in [-0.25, -0.2) is 0 Å². The Morgan fingerprint density at radius 3 is 1.45 bits per heavy atom. The van der Waals surface area contributed by atoms with E-state index in [9.17, 15) is 0 Å². The molecule has 0 aliphatic carbocycles. The molecule has 0 aromatic rings. The van der Waals surface area contributed by atoms with Gasteiger partial charge in [-0.05, 0) is 26.7 Å². The highest BCUT2D eigenvalue weighted by Gasteiger charge is 2.27. The molecule has 0 amide bonds. The quantitative estimate of drug-likeness (QED) is 0.516. The van der Waals surface area contributed by atoms with Crippen LogP contribution in [0.1, 0.15) is 40.5 Å². The molecule has 0 saturated heterocycles. The second-order valence-electron chi connectivity index (χ2n) is 3.16. The molecule has 0 heterocycles. The van der Waals surface area contributed by atoms with Crippen LogP contribution in [0.25, 0.3) is 0 Å². The zero-order chi connectivity index (χ0) is 9.12. The molecule has 0 radical (unpaired) electrons. The molecule has 68 valence electrons. The molecule has 1 nitrogen and oxygen atoms in total. The van der Waals surface area contributed by atoms with E-state index >= 15 is 0 Å². The number of rotatable bonds is 4. The lowest BCUT2D eigenvalue weighted by Crippen LogP contribution is -2.32. The van der Waals surface area contributed by atoms with Gasteiger partial charge in [-0.3, -0.25) is 0 Å². The Labute approximate surface area is 80.7 Å². The summed E-state index contributed by atoms with van der Waals surface area (Å²) < 4.78 is 5.65. The molecule has 0 N–H and O–H groups in total. The van der Waals surface area contributed by atoms with Crippen molar-refractivity contribution in [3.05, 3.63) is 0 Å². The Kier molecular flexibility index (Phi) is 4.30. The first-order valence-corrected chi connectivity index (χ1v) is 4.87. The highest BCUT2D eigenvalue weighted by molar-refractivity contribution is 7.82. The van der Waals surface area contributed by atoms with E-state index in [1.807, 2.05) is 27.7 Å². The van der Waals surface area contributed by atoms with Crippen molar-refractivity contribution in [2.24, 2.45) is 0 Å². The molecule has 0 bridgehead atoms. The predicted octanol–water partition coefficient (Wildman–Crippen LogP) is 3.12. The van der Waals surface area contributed by atoms with Gasteiger partial charge in [0.2, 0.25) is 0 Å². The first kappa shape index (κ1) is 11.7. The van der Waals surface area contributed by atoms with Crippen LogP contribution in [0, 0.1) is 0 Å². The fraction of sp³-hybridized carbons (Fsp3) is 1.00. The Morgan fingerprint density at radius 1 is 1.00 bits per heavy atom. The Morgan fingerprint density at radius 2 is 1.27 bits per heavy atom. The second-order valence-corrected chi connectivity index (χ2v) is 5.05. The highest BCUT2D eigenvalue weighted by atomic mass is 32.1. The van der Waals surface area contributed by atoms with Gasteiger partial charge in [-0.2, -0.15) is 0 Å². The first-order chi connectivity index (χ1) is 4.83. The third kappa shape index (κ3) is 4.99. The minimum absolute atomic E-state index is 0.355. The van der Waals surface area contributed by atoms with Gasteiger partial charge in [0.25, 0.3) is 0 Å². The summed E-state index contributed by atoms with van der Waals surface area (Å²) >= 11 is 8.73. The van der Waals surface area contributed by atoms with Gasteiger partial charge in [-0.15, -0.1) is 25.3 Å². The molecule has 0 rings (SSSR count). The van der Waals surface area contributed by atoms with Crippen molar-refractivity contribution in [1.82, 2.24) is 0 Å². The lowest BCUT2D eigenvalue weighted by atomic mass is 10.2. The summed E-state index contributed by atoms with van der Waals surface area (Å²) in [6.45, 7) is 8.01. The fourth-order valence-electron chi connectivity index (χ4n) is 0.618. The van der Waals surface area contributed by atoms with E-state index in [-0.39, 0.29) is 9.87 Å². The van der Waals surface area contributed by atoms with Crippen LogP contribution >= 0.6 is 25.3 Å². The monoisotopic (exact) mass is 194 g/mol. The van der Waals surface area contributed by atoms with Crippen LogP contribution in [0.5, 0.6) is 0 Å². The molecule has 11 heavy (non-hydrogen) atoms. The van der Waals surface area contributed by atoms with E-state index in [1.165, 1.54) is 0 Å². The van der Waals surface area contributed by atoms with E-state index < -0.39 is 0 Å². The largest absolute Gasteiger partial charge is 0.348 e. The van der Waals surface area contributed by atoms with Crippen molar-refractivity contribution in [2.45, 2.75) is 50.4 Å². The van der Waals surface area contributed by atoms with Gasteiger partial charge < -0.3 is 4.74 Å². The minimum atomic E-state index is -0.355. The van der Waals surface area contributed by atoms with Crippen molar-refractivity contribution >= 4 is 25.3 Å². The van der Waals surface area contributed by atoms with E-state index in [0.29, 0.717) is 0 Å². The van der Waals surface area contributed by atoms with Crippen LogP contribution in [0.4, 0.5) is 0 Å². The van der Waals surface area contributed by atoms with Gasteiger partial charge in [0.1, 0.15) is 9.87 Å². The first-order valence-electron chi connectivity index (χ1n) is 3.98. The average molecular weight is 194 g/mol. The van der Waals surface area contributed by atoms with Crippen LogP contribution in [0.2, 0.25) is 0 Å². The summed E-state index contributed by atoms with van der Waals surface area (Å²) in [6.07, 6.45) is 1.76. The minimum Gasteiger partial charge on any atom is -0.348 e. The van der Waals surface area contributed by atoms with E-state index in [2.05, 4.69) is 25.3 Å². The third-order valence-electron chi connectivity index (χ3n) is 1.75. The number of hydrogen-bond acceptors (Lipinski definition) is 3. The topological polar surface area (TPSA) is 9.23 Å². The van der Waals surface area contributed by atoms with Gasteiger partial charge in [-0.1, -0.05) is 13.8 Å². The smallest absolute Gasteiger partial charge is 0.109 e. The summed E-state index contributed by atoms with van der Waals surface area (Å²) in [6, 6.07) is 0. The Hall–Kier alpha value is 0.660. The molecular weight excluding hydrogens is 176 g/mol. The van der Waals surface area contributed by atoms with Crippen LogP contribution in [0.15, 0.2) is 0 Å². The molecule has 0 aliphatic heterocycles. The van der Waals surface area contributed by atoms with Crippen LogP contribution in [0.3, 0.4) is 0 Å². The molecule has 3 heteroatoms. The number of thiol groups is 2. The SMILES string of the molecule is CCC(C)(S)OC(C)(S)CC. The van der Waals surface area contributed by atoms with Crippen LogP contribution < -0.4 is 0 Å². The Bertz CT molecular complexity index is 107. The molecule has 0 aromatic heterocycles. The van der Waals surface area contributed by atoms with E-state index in [0.717, 1.165) is 12.8 Å². The zero-order valence-corrected chi connectivity index (χ0v) is 9.51. The molecule has 0 fully saturated rings. The van der Waals surface area contributed by atoms with Crippen LogP contribution in [-0.4, -0.2) is 9.87 Å². The van der Waals surface area contributed by atoms with Gasteiger partial charge >= 0.3 is 0 Å². The van der Waals surface area contributed by atoms with Crippen LogP contribution in [-0.2, 0) is 4.74 Å². The third-order valence-corrected chi connectivity index (χ3v) is 2.57. The second kappa shape index (κ2) is 4.06.